The van der Waals surface area contributed by atoms with Gasteiger partial charge in [0.15, 0.2) is 0 Å². The van der Waals surface area contributed by atoms with E-state index in [2.05, 4.69) is 45.7 Å². The van der Waals surface area contributed by atoms with Gasteiger partial charge >= 0.3 is 0 Å². The molecule has 0 N–H and O–H groups in total. The Morgan fingerprint density at radius 1 is 1.10 bits per heavy atom. The number of rotatable bonds is 5. The normalized spacial score (nSPS) is 16.8. The first-order chi connectivity index (χ1) is 4.72. The molecule has 0 bridgehead atoms. The van der Waals surface area contributed by atoms with Crippen LogP contribution in [0.5, 0.6) is 0 Å². The summed E-state index contributed by atoms with van der Waals surface area (Å²) in [6.45, 7) is 4.44. The predicted molar refractivity (Wildman–Crippen MR) is 55.2 cm³/mol. The van der Waals surface area contributed by atoms with Crippen molar-refractivity contribution in [2.45, 2.75) is 49.2 Å². The molecule has 0 saturated heterocycles. The van der Waals surface area contributed by atoms with Crippen molar-refractivity contribution in [3.05, 3.63) is 0 Å². The molecule has 0 nitrogen and oxygen atoms in total. The third kappa shape index (κ3) is 4.73. The standard InChI is InChI=1S/C8H16Br2/c1-3-5-6-8(10)7(9)4-2/h7-8H,3-6H2,1-2H3/t7-,8+/m1/s1. The van der Waals surface area contributed by atoms with E-state index in [9.17, 15) is 0 Å². The number of unbranched alkanes of at least 4 members (excludes halogenated alkanes) is 1. The Labute approximate surface area is 81.0 Å². The fraction of sp³-hybridized carbons (Fsp3) is 1.00. The minimum absolute atomic E-state index is 0.652. The first-order valence-electron chi connectivity index (χ1n) is 4.00. The van der Waals surface area contributed by atoms with Crippen LogP contribution in [0.2, 0.25) is 0 Å². The van der Waals surface area contributed by atoms with Crippen molar-refractivity contribution < 1.29 is 0 Å². The fourth-order valence-corrected chi connectivity index (χ4v) is 1.80. The van der Waals surface area contributed by atoms with E-state index in [0.29, 0.717) is 9.65 Å². The Morgan fingerprint density at radius 2 is 1.70 bits per heavy atom. The molecule has 0 saturated carbocycles. The lowest BCUT2D eigenvalue weighted by Gasteiger charge is -2.13. The molecule has 0 amide bonds. The van der Waals surface area contributed by atoms with Crippen LogP contribution < -0.4 is 0 Å². The Bertz CT molecular complexity index is 73.7. The highest BCUT2D eigenvalue weighted by Crippen LogP contribution is 2.22. The summed E-state index contributed by atoms with van der Waals surface area (Å²) in [6, 6.07) is 0. The van der Waals surface area contributed by atoms with E-state index in [-0.39, 0.29) is 0 Å². The molecule has 0 fully saturated rings. The van der Waals surface area contributed by atoms with Crippen LogP contribution in [-0.4, -0.2) is 9.65 Å². The fourth-order valence-electron chi connectivity index (χ4n) is 0.836. The van der Waals surface area contributed by atoms with Crippen LogP contribution >= 0.6 is 31.9 Å². The molecule has 62 valence electrons. The summed E-state index contributed by atoms with van der Waals surface area (Å²) in [4.78, 5) is 1.32. The van der Waals surface area contributed by atoms with E-state index in [0.717, 1.165) is 0 Å². The summed E-state index contributed by atoms with van der Waals surface area (Å²) < 4.78 is 0. The van der Waals surface area contributed by atoms with Crippen LogP contribution in [0.1, 0.15) is 39.5 Å². The molecule has 0 heterocycles. The summed E-state index contributed by atoms with van der Waals surface area (Å²) >= 11 is 7.28. The SMILES string of the molecule is CCCC[C@H](Br)[C@H](Br)CC. The number of hydrogen-bond donors (Lipinski definition) is 0. The van der Waals surface area contributed by atoms with Crippen molar-refractivity contribution in [2.24, 2.45) is 0 Å². The van der Waals surface area contributed by atoms with Gasteiger partial charge in [0.1, 0.15) is 0 Å². The quantitative estimate of drug-likeness (QED) is 0.660. The van der Waals surface area contributed by atoms with Gasteiger partial charge in [0, 0.05) is 9.65 Å². The molecule has 10 heavy (non-hydrogen) atoms. The summed E-state index contributed by atoms with van der Waals surface area (Å²) in [5, 5.41) is 0. The maximum Gasteiger partial charge on any atom is 0.0271 e. The molecule has 0 aliphatic heterocycles. The minimum Gasteiger partial charge on any atom is -0.0879 e. The zero-order valence-corrected chi connectivity index (χ0v) is 9.91. The lowest BCUT2D eigenvalue weighted by atomic mass is 10.1. The molecule has 0 aromatic rings. The van der Waals surface area contributed by atoms with Crippen molar-refractivity contribution in [2.75, 3.05) is 0 Å². The summed E-state index contributed by atoms with van der Waals surface area (Å²) in [6.07, 6.45) is 5.13. The monoisotopic (exact) mass is 270 g/mol. The molecular weight excluding hydrogens is 256 g/mol. The first kappa shape index (κ1) is 11.0. The largest absolute Gasteiger partial charge is 0.0879 e. The van der Waals surface area contributed by atoms with Crippen LogP contribution in [0, 0.1) is 0 Å². The van der Waals surface area contributed by atoms with Crippen molar-refractivity contribution >= 4 is 31.9 Å². The lowest BCUT2D eigenvalue weighted by molar-refractivity contribution is 0.662. The molecule has 0 radical (unpaired) electrons. The average Bonchev–Trinajstić information content (AvgIpc) is 1.98. The third-order valence-corrected chi connectivity index (χ3v) is 4.71. The molecule has 0 rings (SSSR count). The molecule has 0 aliphatic carbocycles. The molecule has 0 unspecified atom stereocenters. The van der Waals surface area contributed by atoms with Gasteiger partial charge in [-0.1, -0.05) is 58.5 Å². The van der Waals surface area contributed by atoms with E-state index in [1.54, 1.807) is 0 Å². The van der Waals surface area contributed by atoms with E-state index >= 15 is 0 Å². The van der Waals surface area contributed by atoms with Gasteiger partial charge in [-0.05, 0) is 12.8 Å². The lowest BCUT2D eigenvalue weighted by Crippen LogP contribution is -2.12. The number of alkyl halides is 2. The van der Waals surface area contributed by atoms with Crippen LogP contribution in [-0.2, 0) is 0 Å². The van der Waals surface area contributed by atoms with E-state index in [1.807, 2.05) is 0 Å². The second kappa shape index (κ2) is 6.66. The summed E-state index contributed by atoms with van der Waals surface area (Å²) in [5.41, 5.74) is 0. The molecule has 0 spiro atoms. The van der Waals surface area contributed by atoms with Gasteiger partial charge in [-0.2, -0.15) is 0 Å². The summed E-state index contributed by atoms with van der Waals surface area (Å²) in [5.74, 6) is 0. The number of halogens is 2. The molecule has 0 aliphatic rings. The van der Waals surface area contributed by atoms with E-state index < -0.39 is 0 Å². The van der Waals surface area contributed by atoms with Gasteiger partial charge in [-0.15, -0.1) is 0 Å². The second-order valence-corrected chi connectivity index (χ2v) is 4.93. The summed E-state index contributed by atoms with van der Waals surface area (Å²) in [7, 11) is 0. The minimum atomic E-state index is 0.652. The Morgan fingerprint density at radius 3 is 2.10 bits per heavy atom. The average molecular weight is 272 g/mol. The Hall–Kier alpha value is 0.960. The van der Waals surface area contributed by atoms with Gasteiger partial charge < -0.3 is 0 Å². The van der Waals surface area contributed by atoms with Crippen molar-refractivity contribution in [1.29, 1.82) is 0 Å². The third-order valence-electron chi connectivity index (χ3n) is 1.62. The van der Waals surface area contributed by atoms with Gasteiger partial charge in [0.25, 0.3) is 0 Å². The van der Waals surface area contributed by atoms with E-state index in [1.165, 1.54) is 25.7 Å². The van der Waals surface area contributed by atoms with Crippen LogP contribution in [0.4, 0.5) is 0 Å². The topological polar surface area (TPSA) is 0 Å². The highest BCUT2D eigenvalue weighted by atomic mass is 79.9. The molecule has 0 aromatic heterocycles. The van der Waals surface area contributed by atoms with E-state index in [4.69, 9.17) is 0 Å². The predicted octanol–water partition coefficient (Wildman–Crippen LogP) is 4.11. The smallest absolute Gasteiger partial charge is 0.0271 e. The van der Waals surface area contributed by atoms with Crippen LogP contribution in [0.3, 0.4) is 0 Å². The Balaban J connectivity index is 3.31. The molecule has 2 atom stereocenters. The van der Waals surface area contributed by atoms with Gasteiger partial charge in [-0.25, -0.2) is 0 Å². The zero-order chi connectivity index (χ0) is 7.98. The maximum atomic E-state index is 3.66. The zero-order valence-electron chi connectivity index (χ0n) is 6.74. The molecule has 2 heteroatoms. The highest BCUT2D eigenvalue weighted by Gasteiger charge is 2.11. The van der Waals surface area contributed by atoms with Crippen LogP contribution in [0.25, 0.3) is 0 Å². The van der Waals surface area contributed by atoms with Gasteiger partial charge in [0.2, 0.25) is 0 Å². The number of hydrogen-bond acceptors (Lipinski definition) is 0. The first-order valence-corrected chi connectivity index (χ1v) is 5.83. The molecule has 0 aromatic carbocycles. The molecular formula is C8H16Br2. The van der Waals surface area contributed by atoms with Crippen LogP contribution in [0.15, 0.2) is 0 Å². The van der Waals surface area contributed by atoms with Gasteiger partial charge in [-0.3, -0.25) is 0 Å². The van der Waals surface area contributed by atoms with Crippen molar-refractivity contribution in [3.63, 3.8) is 0 Å². The second-order valence-electron chi connectivity index (χ2n) is 2.58. The van der Waals surface area contributed by atoms with Crippen molar-refractivity contribution in [3.8, 4) is 0 Å². The maximum absolute atomic E-state index is 3.66. The van der Waals surface area contributed by atoms with Crippen molar-refractivity contribution in [1.82, 2.24) is 0 Å². The highest BCUT2D eigenvalue weighted by molar-refractivity contribution is 9.12. The Kier molecular flexibility index (Phi) is 7.30. The van der Waals surface area contributed by atoms with Gasteiger partial charge in [0.05, 0.1) is 0 Å².